The topological polar surface area (TPSA) is 12.0 Å². The van der Waals surface area contributed by atoms with Crippen molar-refractivity contribution >= 4 is 23.2 Å². The van der Waals surface area contributed by atoms with Gasteiger partial charge in [0.05, 0.1) is 10.0 Å². The van der Waals surface area contributed by atoms with Gasteiger partial charge in [-0.15, -0.1) is 0 Å². The van der Waals surface area contributed by atoms with Crippen LogP contribution in [0.2, 0.25) is 10.0 Å². The van der Waals surface area contributed by atoms with Gasteiger partial charge >= 0.3 is 0 Å². The average molecular weight is 322 g/mol. The molecule has 0 radical (unpaired) electrons. The molecule has 0 aliphatic heterocycles. The maximum atomic E-state index is 6.33. The van der Waals surface area contributed by atoms with Crippen molar-refractivity contribution in [1.82, 2.24) is 5.32 Å². The lowest BCUT2D eigenvalue weighted by Gasteiger charge is -2.35. The van der Waals surface area contributed by atoms with E-state index in [1.165, 1.54) is 5.56 Å². The standard InChI is InChI=1S/C18H21Cl2N/c1-18(2,14-9-5-4-6-10-14)16(21-3)12-13-8-7-11-15(19)17(13)20/h4-11,16,21H,12H2,1-3H3. The predicted molar refractivity (Wildman–Crippen MR) is 92.5 cm³/mol. The molecule has 2 rings (SSSR count). The lowest BCUT2D eigenvalue weighted by atomic mass is 9.75. The van der Waals surface area contributed by atoms with Gasteiger partial charge in [-0.2, -0.15) is 0 Å². The number of hydrogen-bond donors (Lipinski definition) is 1. The summed E-state index contributed by atoms with van der Waals surface area (Å²) < 4.78 is 0. The molecular weight excluding hydrogens is 301 g/mol. The van der Waals surface area contributed by atoms with E-state index in [-0.39, 0.29) is 11.5 Å². The third-order valence-electron chi connectivity index (χ3n) is 4.19. The van der Waals surface area contributed by atoms with Gasteiger partial charge in [0.15, 0.2) is 0 Å². The molecule has 1 N–H and O–H groups in total. The molecule has 1 nitrogen and oxygen atoms in total. The molecule has 0 aliphatic carbocycles. The summed E-state index contributed by atoms with van der Waals surface area (Å²) in [6, 6.07) is 16.6. The molecule has 1 unspecified atom stereocenters. The van der Waals surface area contributed by atoms with E-state index >= 15 is 0 Å². The second-order valence-corrected chi connectivity index (χ2v) is 6.63. The summed E-state index contributed by atoms with van der Waals surface area (Å²) in [5.74, 6) is 0. The minimum absolute atomic E-state index is 0.0122. The van der Waals surface area contributed by atoms with E-state index in [0.717, 1.165) is 12.0 Å². The molecule has 1 atom stereocenters. The van der Waals surface area contributed by atoms with Gasteiger partial charge in [0.25, 0.3) is 0 Å². The summed E-state index contributed by atoms with van der Waals surface area (Å²) in [7, 11) is 1.99. The summed E-state index contributed by atoms with van der Waals surface area (Å²) in [6.07, 6.45) is 0.831. The normalized spacial score (nSPS) is 13.2. The van der Waals surface area contributed by atoms with Crippen LogP contribution in [0, 0.1) is 0 Å². The molecule has 0 fully saturated rings. The fraction of sp³-hybridized carbons (Fsp3) is 0.333. The Bertz CT molecular complexity index is 593. The molecule has 3 heteroatoms. The van der Waals surface area contributed by atoms with Crippen LogP contribution < -0.4 is 5.32 Å². The fourth-order valence-electron chi connectivity index (χ4n) is 2.71. The second-order valence-electron chi connectivity index (χ2n) is 5.85. The van der Waals surface area contributed by atoms with Crippen LogP contribution in [-0.4, -0.2) is 13.1 Å². The van der Waals surface area contributed by atoms with Gasteiger partial charge in [0, 0.05) is 11.5 Å². The SMILES string of the molecule is CNC(Cc1cccc(Cl)c1Cl)C(C)(C)c1ccccc1. The van der Waals surface area contributed by atoms with Crippen molar-refractivity contribution in [3.8, 4) is 0 Å². The van der Waals surface area contributed by atoms with E-state index in [9.17, 15) is 0 Å². The highest BCUT2D eigenvalue weighted by molar-refractivity contribution is 6.42. The Labute approximate surface area is 137 Å². The molecular formula is C18H21Cl2N. The highest BCUT2D eigenvalue weighted by Gasteiger charge is 2.30. The molecule has 0 spiro atoms. The van der Waals surface area contributed by atoms with Gasteiger partial charge in [0.2, 0.25) is 0 Å². The first-order valence-electron chi connectivity index (χ1n) is 7.12. The van der Waals surface area contributed by atoms with Crippen LogP contribution in [0.1, 0.15) is 25.0 Å². The molecule has 2 aromatic carbocycles. The van der Waals surface area contributed by atoms with Gasteiger partial charge in [-0.3, -0.25) is 0 Å². The van der Waals surface area contributed by atoms with Crippen LogP contribution in [-0.2, 0) is 11.8 Å². The van der Waals surface area contributed by atoms with Crippen LogP contribution in [0.5, 0.6) is 0 Å². The molecule has 0 bridgehead atoms. The third-order valence-corrected chi connectivity index (χ3v) is 5.05. The van der Waals surface area contributed by atoms with E-state index < -0.39 is 0 Å². The summed E-state index contributed by atoms with van der Waals surface area (Å²) in [5.41, 5.74) is 2.37. The van der Waals surface area contributed by atoms with Gasteiger partial charge in [-0.25, -0.2) is 0 Å². The fourth-order valence-corrected chi connectivity index (χ4v) is 3.11. The smallest absolute Gasteiger partial charge is 0.0624 e. The molecule has 0 heterocycles. The Morgan fingerprint density at radius 1 is 1.00 bits per heavy atom. The van der Waals surface area contributed by atoms with E-state index in [1.54, 1.807) is 0 Å². The van der Waals surface area contributed by atoms with Crippen LogP contribution in [0.15, 0.2) is 48.5 Å². The van der Waals surface area contributed by atoms with E-state index in [4.69, 9.17) is 23.2 Å². The zero-order valence-electron chi connectivity index (χ0n) is 12.7. The third kappa shape index (κ3) is 3.60. The van der Waals surface area contributed by atoms with E-state index in [0.29, 0.717) is 10.0 Å². The Kier molecular flexibility index (Phi) is 5.32. The molecule has 0 aliphatic rings. The van der Waals surface area contributed by atoms with Gasteiger partial charge in [-0.1, -0.05) is 79.5 Å². The van der Waals surface area contributed by atoms with Crippen LogP contribution in [0.3, 0.4) is 0 Å². The minimum atomic E-state index is -0.0122. The Morgan fingerprint density at radius 3 is 2.29 bits per heavy atom. The van der Waals surface area contributed by atoms with Crippen molar-refractivity contribution in [3.63, 3.8) is 0 Å². The Balaban J connectivity index is 2.29. The summed E-state index contributed by atoms with van der Waals surface area (Å²) >= 11 is 12.5. The number of rotatable bonds is 5. The highest BCUT2D eigenvalue weighted by atomic mass is 35.5. The number of likely N-dealkylation sites (N-methyl/N-ethyl adjacent to an activating group) is 1. The quantitative estimate of drug-likeness (QED) is 0.807. The molecule has 0 aromatic heterocycles. The van der Waals surface area contributed by atoms with E-state index in [1.807, 2.05) is 31.3 Å². The van der Waals surface area contributed by atoms with Crippen molar-refractivity contribution in [2.24, 2.45) is 0 Å². The lowest BCUT2D eigenvalue weighted by Crippen LogP contribution is -2.44. The predicted octanol–water partition coefficient (Wildman–Crippen LogP) is 5.10. The molecule has 21 heavy (non-hydrogen) atoms. The van der Waals surface area contributed by atoms with Crippen molar-refractivity contribution in [1.29, 1.82) is 0 Å². The van der Waals surface area contributed by atoms with Crippen molar-refractivity contribution < 1.29 is 0 Å². The van der Waals surface area contributed by atoms with Crippen LogP contribution in [0.25, 0.3) is 0 Å². The van der Waals surface area contributed by atoms with Gasteiger partial charge < -0.3 is 5.32 Å². The Morgan fingerprint density at radius 2 is 1.67 bits per heavy atom. The van der Waals surface area contributed by atoms with Crippen LogP contribution >= 0.6 is 23.2 Å². The van der Waals surface area contributed by atoms with Crippen molar-refractivity contribution in [2.45, 2.75) is 31.7 Å². The number of benzene rings is 2. The lowest BCUT2D eigenvalue weighted by molar-refractivity contribution is 0.356. The first-order valence-corrected chi connectivity index (χ1v) is 7.88. The second kappa shape index (κ2) is 6.83. The van der Waals surface area contributed by atoms with Gasteiger partial charge in [0.1, 0.15) is 0 Å². The molecule has 112 valence electrons. The highest BCUT2D eigenvalue weighted by Crippen LogP contribution is 2.32. The zero-order chi connectivity index (χ0) is 15.5. The Hall–Kier alpha value is -1.02. The first-order chi connectivity index (χ1) is 9.96. The summed E-state index contributed by atoms with van der Waals surface area (Å²) in [5, 5.41) is 4.70. The number of hydrogen-bond acceptors (Lipinski definition) is 1. The maximum Gasteiger partial charge on any atom is 0.0624 e. The maximum absolute atomic E-state index is 6.33. The summed E-state index contributed by atoms with van der Waals surface area (Å²) in [4.78, 5) is 0. The summed E-state index contributed by atoms with van der Waals surface area (Å²) in [6.45, 7) is 4.50. The molecule has 0 saturated carbocycles. The molecule has 2 aromatic rings. The van der Waals surface area contributed by atoms with Crippen LogP contribution in [0.4, 0.5) is 0 Å². The van der Waals surface area contributed by atoms with Crippen molar-refractivity contribution in [3.05, 3.63) is 69.7 Å². The first kappa shape index (κ1) is 16.4. The monoisotopic (exact) mass is 321 g/mol. The van der Waals surface area contributed by atoms with Crippen molar-refractivity contribution in [2.75, 3.05) is 7.05 Å². The molecule has 0 amide bonds. The largest absolute Gasteiger partial charge is 0.316 e. The van der Waals surface area contributed by atoms with Gasteiger partial charge in [-0.05, 0) is 30.7 Å². The zero-order valence-corrected chi connectivity index (χ0v) is 14.2. The molecule has 0 saturated heterocycles. The number of halogens is 2. The minimum Gasteiger partial charge on any atom is -0.316 e. The number of nitrogens with one attached hydrogen (secondary N) is 1. The van der Waals surface area contributed by atoms with E-state index in [2.05, 4.69) is 43.4 Å². The average Bonchev–Trinajstić information content (AvgIpc) is 2.49.